The van der Waals surface area contributed by atoms with Gasteiger partial charge in [-0.15, -0.1) is 0 Å². The van der Waals surface area contributed by atoms with Gasteiger partial charge in [-0.1, -0.05) is 0 Å². The van der Waals surface area contributed by atoms with E-state index in [1.807, 2.05) is 0 Å². The van der Waals surface area contributed by atoms with Crippen LogP contribution in [0, 0.1) is 0 Å². The Bertz CT molecular complexity index is 491. The maximum absolute atomic E-state index is 12.3. The number of rotatable bonds is 5. The molecule has 19 heavy (non-hydrogen) atoms. The molecule has 104 valence electrons. The molecule has 0 spiro atoms. The van der Waals surface area contributed by atoms with Crippen LogP contribution in [0.2, 0.25) is 0 Å². The van der Waals surface area contributed by atoms with E-state index < -0.39 is 11.6 Å². The van der Waals surface area contributed by atoms with Gasteiger partial charge in [-0.05, 0) is 32.0 Å². The summed E-state index contributed by atoms with van der Waals surface area (Å²) in [6, 6.07) is 4.80. The van der Waals surface area contributed by atoms with Gasteiger partial charge in [0, 0.05) is 12.5 Å². The molecule has 0 unspecified atom stereocenters. The first-order valence-electron chi connectivity index (χ1n) is 5.78. The van der Waals surface area contributed by atoms with Crippen molar-refractivity contribution in [1.29, 1.82) is 0 Å². The summed E-state index contributed by atoms with van der Waals surface area (Å²) in [5, 5.41) is 0. The van der Waals surface area contributed by atoms with Crippen LogP contribution in [0.3, 0.4) is 0 Å². The molecular formula is C14H18O5. The van der Waals surface area contributed by atoms with Crippen molar-refractivity contribution < 1.29 is 23.8 Å². The molecule has 0 bridgehead atoms. The second-order valence-electron chi connectivity index (χ2n) is 4.50. The standard InChI is InChI=1S/C14H18O5/c1-9(15)19-14(2,3)13(16)10-6-7-11(17-4)12(8-10)18-5/h6-8H,1-5H3. The minimum absolute atomic E-state index is 0.302. The normalized spacial score (nSPS) is 10.8. The first-order valence-corrected chi connectivity index (χ1v) is 5.78. The molecule has 0 aromatic heterocycles. The number of methoxy groups -OCH3 is 2. The Morgan fingerprint density at radius 3 is 2.11 bits per heavy atom. The van der Waals surface area contributed by atoms with E-state index >= 15 is 0 Å². The second-order valence-corrected chi connectivity index (χ2v) is 4.50. The van der Waals surface area contributed by atoms with Crippen molar-refractivity contribution in [1.82, 2.24) is 0 Å². The van der Waals surface area contributed by atoms with Gasteiger partial charge in [0.2, 0.25) is 5.78 Å². The van der Waals surface area contributed by atoms with Gasteiger partial charge in [-0.25, -0.2) is 0 Å². The van der Waals surface area contributed by atoms with Crippen molar-refractivity contribution in [3.63, 3.8) is 0 Å². The third kappa shape index (κ3) is 3.47. The van der Waals surface area contributed by atoms with Gasteiger partial charge in [-0.2, -0.15) is 0 Å². The fourth-order valence-electron chi connectivity index (χ4n) is 1.73. The molecule has 5 nitrogen and oxygen atoms in total. The summed E-state index contributed by atoms with van der Waals surface area (Å²) in [4.78, 5) is 23.3. The molecule has 5 heteroatoms. The molecule has 0 saturated heterocycles. The van der Waals surface area contributed by atoms with E-state index in [1.54, 1.807) is 32.0 Å². The molecule has 1 aromatic carbocycles. The van der Waals surface area contributed by atoms with Crippen molar-refractivity contribution in [2.75, 3.05) is 14.2 Å². The largest absolute Gasteiger partial charge is 0.493 e. The fourth-order valence-corrected chi connectivity index (χ4v) is 1.73. The summed E-state index contributed by atoms with van der Waals surface area (Å²) in [6.07, 6.45) is 0. The quantitative estimate of drug-likeness (QED) is 0.604. The first-order chi connectivity index (χ1) is 8.81. The maximum atomic E-state index is 12.3. The van der Waals surface area contributed by atoms with Crippen molar-refractivity contribution in [2.45, 2.75) is 26.4 Å². The van der Waals surface area contributed by atoms with Gasteiger partial charge >= 0.3 is 5.97 Å². The molecule has 1 aromatic rings. The molecule has 0 heterocycles. The van der Waals surface area contributed by atoms with Gasteiger partial charge in [0.15, 0.2) is 17.1 Å². The van der Waals surface area contributed by atoms with Crippen LogP contribution in [0.5, 0.6) is 11.5 Å². The highest BCUT2D eigenvalue weighted by molar-refractivity contribution is 6.03. The Morgan fingerprint density at radius 1 is 1.05 bits per heavy atom. The lowest BCUT2D eigenvalue weighted by Crippen LogP contribution is -2.36. The highest BCUT2D eigenvalue weighted by atomic mass is 16.6. The van der Waals surface area contributed by atoms with Crippen LogP contribution >= 0.6 is 0 Å². The first kappa shape index (κ1) is 15.0. The lowest BCUT2D eigenvalue weighted by Gasteiger charge is -2.23. The Hall–Kier alpha value is -2.04. The van der Waals surface area contributed by atoms with E-state index in [0.717, 1.165) is 0 Å². The number of ketones is 1. The number of benzene rings is 1. The highest BCUT2D eigenvalue weighted by Gasteiger charge is 2.32. The van der Waals surface area contributed by atoms with E-state index in [9.17, 15) is 9.59 Å². The number of ether oxygens (including phenoxy) is 3. The summed E-state index contributed by atoms with van der Waals surface area (Å²) >= 11 is 0. The molecule has 1 rings (SSSR count). The molecule has 0 N–H and O–H groups in total. The molecule has 0 saturated carbocycles. The highest BCUT2D eigenvalue weighted by Crippen LogP contribution is 2.29. The third-order valence-corrected chi connectivity index (χ3v) is 2.59. The van der Waals surface area contributed by atoms with Gasteiger partial charge in [0.1, 0.15) is 0 Å². The summed E-state index contributed by atoms with van der Waals surface area (Å²) in [7, 11) is 3.01. The number of esters is 1. The molecule has 0 atom stereocenters. The molecule has 0 amide bonds. The number of carbonyl (C=O) groups is 2. The minimum Gasteiger partial charge on any atom is -0.493 e. The van der Waals surface area contributed by atoms with Crippen LogP contribution in [0.4, 0.5) is 0 Å². The van der Waals surface area contributed by atoms with Crippen LogP contribution in [-0.2, 0) is 9.53 Å². The van der Waals surface area contributed by atoms with Crippen LogP contribution in [0.25, 0.3) is 0 Å². The SMILES string of the molecule is COc1ccc(C(=O)C(C)(C)OC(C)=O)cc1OC. The van der Waals surface area contributed by atoms with Crippen molar-refractivity contribution >= 4 is 11.8 Å². The Balaban J connectivity index is 3.09. The van der Waals surface area contributed by atoms with Crippen molar-refractivity contribution in [3.8, 4) is 11.5 Å². The van der Waals surface area contributed by atoms with E-state index in [0.29, 0.717) is 17.1 Å². The van der Waals surface area contributed by atoms with Crippen LogP contribution in [0.1, 0.15) is 31.1 Å². The van der Waals surface area contributed by atoms with E-state index in [1.165, 1.54) is 21.1 Å². The van der Waals surface area contributed by atoms with Crippen LogP contribution < -0.4 is 9.47 Å². The summed E-state index contributed by atoms with van der Waals surface area (Å²) < 4.78 is 15.3. The van der Waals surface area contributed by atoms with E-state index in [2.05, 4.69) is 0 Å². The Labute approximate surface area is 112 Å². The third-order valence-electron chi connectivity index (χ3n) is 2.59. The number of hydrogen-bond donors (Lipinski definition) is 0. The molecule has 0 radical (unpaired) electrons. The summed E-state index contributed by atoms with van der Waals surface area (Å²) in [5.74, 6) is 0.179. The van der Waals surface area contributed by atoms with Crippen LogP contribution in [0.15, 0.2) is 18.2 Å². The van der Waals surface area contributed by atoms with Gasteiger partial charge in [0.25, 0.3) is 0 Å². The zero-order valence-electron chi connectivity index (χ0n) is 11.8. The lowest BCUT2D eigenvalue weighted by atomic mass is 9.96. The monoisotopic (exact) mass is 266 g/mol. The molecule has 0 aliphatic heterocycles. The predicted octanol–water partition coefficient (Wildman–Crippen LogP) is 2.23. The Kier molecular flexibility index (Phi) is 4.53. The molecule has 0 aliphatic carbocycles. The van der Waals surface area contributed by atoms with Crippen LogP contribution in [-0.4, -0.2) is 31.6 Å². The average Bonchev–Trinajstić information content (AvgIpc) is 2.35. The fraction of sp³-hybridized carbons (Fsp3) is 0.429. The van der Waals surface area contributed by atoms with E-state index in [4.69, 9.17) is 14.2 Å². The van der Waals surface area contributed by atoms with E-state index in [-0.39, 0.29) is 5.78 Å². The number of Topliss-reactive ketones (excluding diaryl/α,β-unsaturated/α-hetero) is 1. The zero-order chi connectivity index (χ0) is 14.6. The van der Waals surface area contributed by atoms with Gasteiger partial charge < -0.3 is 14.2 Å². The predicted molar refractivity (Wildman–Crippen MR) is 69.7 cm³/mol. The average molecular weight is 266 g/mol. The minimum atomic E-state index is -1.22. The van der Waals surface area contributed by atoms with Gasteiger partial charge in [0.05, 0.1) is 14.2 Å². The topological polar surface area (TPSA) is 61.8 Å². The molecular weight excluding hydrogens is 248 g/mol. The number of hydrogen-bond acceptors (Lipinski definition) is 5. The molecule has 0 aliphatic rings. The van der Waals surface area contributed by atoms with Crippen molar-refractivity contribution in [3.05, 3.63) is 23.8 Å². The maximum Gasteiger partial charge on any atom is 0.303 e. The second kappa shape index (κ2) is 5.73. The zero-order valence-corrected chi connectivity index (χ0v) is 11.8. The summed E-state index contributed by atoms with van der Waals surface area (Å²) in [6.45, 7) is 4.37. The molecule has 0 fully saturated rings. The lowest BCUT2D eigenvalue weighted by molar-refractivity contribution is -0.149. The smallest absolute Gasteiger partial charge is 0.303 e. The summed E-state index contributed by atoms with van der Waals surface area (Å²) in [5.41, 5.74) is -0.824. The van der Waals surface area contributed by atoms with Crippen molar-refractivity contribution in [2.24, 2.45) is 0 Å². The number of carbonyl (C=O) groups excluding carboxylic acids is 2. The Morgan fingerprint density at radius 2 is 1.63 bits per heavy atom. The van der Waals surface area contributed by atoms with Gasteiger partial charge in [-0.3, -0.25) is 9.59 Å².